The fourth-order valence-electron chi connectivity index (χ4n) is 2.93. The van der Waals surface area contributed by atoms with E-state index in [0.717, 1.165) is 32.1 Å². The van der Waals surface area contributed by atoms with Crippen molar-refractivity contribution in [3.05, 3.63) is 35.4 Å². The number of carbonyl (C=O) groups is 1. The quantitative estimate of drug-likeness (QED) is 0.853. The van der Waals surface area contributed by atoms with Crippen LogP contribution in [0.3, 0.4) is 0 Å². The fourth-order valence-corrected chi connectivity index (χ4v) is 2.93. The lowest BCUT2D eigenvalue weighted by Gasteiger charge is -2.28. The predicted molar refractivity (Wildman–Crippen MR) is 69.5 cm³/mol. The SMILES string of the molecule is O=C(O)C(NC1CCc2ccccc2C1)C1CC1. The monoisotopic (exact) mass is 245 g/mol. The molecule has 1 fully saturated rings. The van der Waals surface area contributed by atoms with Crippen molar-refractivity contribution >= 4 is 5.97 Å². The molecule has 2 aliphatic rings. The van der Waals surface area contributed by atoms with E-state index in [0.29, 0.717) is 12.0 Å². The standard InChI is InChI=1S/C15H19NO2/c17-15(18)14(11-5-6-11)16-13-8-7-10-3-1-2-4-12(10)9-13/h1-4,11,13-14,16H,5-9H2,(H,17,18). The van der Waals surface area contributed by atoms with E-state index in [4.69, 9.17) is 0 Å². The summed E-state index contributed by atoms with van der Waals surface area (Å²) < 4.78 is 0. The zero-order valence-corrected chi connectivity index (χ0v) is 10.4. The van der Waals surface area contributed by atoms with Crippen LogP contribution in [0.15, 0.2) is 24.3 Å². The summed E-state index contributed by atoms with van der Waals surface area (Å²) in [6.07, 6.45) is 5.20. The van der Waals surface area contributed by atoms with Gasteiger partial charge in [0.2, 0.25) is 0 Å². The average Bonchev–Trinajstić information content (AvgIpc) is 3.19. The van der Waals surface area contributed by atoms with Gasteiger partial charge in [0.25, 0.3) is 0 Å². The molecule has 3 heteroatoms. The molecule has 0 saturated heterocycles. The van der Waals surface area contributed by atoms with Crippen LogP contribution >= 0.6 is 0 Å². The summed E-state index contributed by atoms with van der Waals surface area (Å²) in [7, 11) is 0. The third-order valence-corrected chi connectivity index (χ3v) is 4.12. The van der Waals surface area contributed by atoms with Crippen LogP contribution in [0.1, 0.15) is 30.4 Å². The van der Waals surface area contributed by atoms with Gasteiger partial charge in [-0.25, -0.2) is 0 Å². The molecule has 0 spiro atoms. The number of rotatable bonds is 4. The lowest BCUT2D eigenvalue weighted by Crippen LogP contribution is -2.46. The van der Waals surface area contributed by atoms with Gasteiger partial charge < -0.3 is 10.4 Å². The van der Waals surface area contributed by atoms with Crippen molar-refractivity contribution in [2.75, 3.05) is 0 Å². The van der Waals surface area contributed by atoms with E-state index in [-0.39, 0.29) is 6.04 Å². The molecule has 0 aromatic heterocycles. The average molecular weight is 245 g/mol. The topological polar surface area (TPSA) is 49.3 Å². The highest BCUT2D eigenvalue weighted by molar-refractivity contribution is 5.74. The van der Waals surface area contributed by atoms with E-state index in [9.17, 15) is 9.90 Å². The van der Waals surface area contributed by atoms with Gasteiger partial charge >= 0.3 is 5.97 Å². The molecule has 96 valence electrons. The second-order valence-electron chi connectivity index (χ2n) is 5.53. The molecule has 2 unspecified atom stereocenters. The number of hydrogen-bond acceptors (Lipinski definition) is 2. The molecular weight excluding hydrogens is 226 g/mol. The number of carboxylic acids is 1. The maximum absolute atomic E-state index is 11.2. The van der Waals surface area contributed by atoms with Crippen molar-refractivity contribution in [3.8, 4) is 0 Å². The molecule has 1 aromatic rings. The molecule has 0 heterocycles. The van der Waals surface area contributed by atoms with Crippen molar-refractivity contribution < 1.29 is 9.90 Å². The molecule has 0 aliphatic heterocycles. The number of nitrogens with one attached hydrogen (secondary N) is 1. The molecule has 2 atom stereocenters. The lowest BCUT2D eigenvalue weighted by atomic mass is 9.88. The van der Waals surface area contributed by atoms with Gasteiger partial charge in [0, 0.05) is 6.04 Å². The molecule has 0 amide bonds. The molecule has 2 aliphatic carbocycles. The maximum Gasteiger partial charge on any atom is 0.320 e. The van der Waals surface area contributed by atoms with E-state index in [2.05, 4.69) is 29.6 Å². The van der Waals surface area contributed by atoms with Gasteiger partial charge in [0.1, 0.15) is 6.04 Å². The molecule has 0 bridgehead atoms. The van der Waals surface area contributed by atoms with Crippen LogP contribution in [-0.4, -0.2) is 23.2 Å². The first-order chi connectivity index (χ1) is 8.74. The first kappa shape index (κ1) is 11.7. The van der Waals surface area contributed by atoms with Gasteiger partial charge in [0.05, 0.1) is 0 Å². The maximum atomic E-state index is 11.2. The highest BCUT2D eigenvalue weighted by atomic mass is 16.4. The Bertz CT molecular complexity index is 454. The van der Waals surface area contributed by atoms with Gasteiger partial charge in [-0.3, -0.25) is 4.79 Å². The Morgan fingerprint density at radius 2 is 1.94 bits per heavy atom. The highest BCUT2D eigenvalue weighted by Gasteiger charge is 2.37. The minimum atomic E-state index is -0.684. The summed E-state index contributed by atoms with van der Waals surface area (Å²) in [6.45, 7) is 0. The summed E-state index contributed by atoms with van der Waals surface area (Å²) >= 11 is 0. The predicted octanol–water partition coefficient (Wildman–Crippen LogP) is 2.00. The van der Waals surface area contributed by atoms with E-state index in [1.807, 2.05) is 0 Å². The summed E-state index contributed by atoms with van der Waals surface area (Å²) in [5.41, 5.74) is 2.80. The number of aliphatic carboxylic acids is 1. The van der Waals surface area contributed by atoms with Crippen LogP contribution in [0.25, 0.3) is 0 Å². The van der Waals surface area contributed by atoms with Crippen molar-refractivity contribution in [2.45, 2.75) is 44.2 Å². The zero-order valence-electron chi connectivity index (χ0n) is 10.4. The molecule has 0 radical (unpaired) electrons. The third kappa shape index (κ3) is 2.41. The lowest BCUT2D eigenvalue weighted by molar-refractivity contribution is -0.140. The summed E-state index contributed by atoms with van der Waals surface area (Å²) in [5, 5.41) is 12.6. The summed E-state index contributed by atoms with van der Waals surface area (Å²) in [6, 6.07) is 8.48. The highest BCUT2D eigenvalue weighted by Crippen LogP contribution is 2.33. The van der Waals surface area contributed by atoms with Crippen molar-refractivity contribution in [3.63, 3.8) is 0 Å². The largest absolute Gasteiger partial charge is 0.480 e. The fraction of sp³-hybridized carbons (Fsp3) is 0.533. The Labute approximate surface area is 107 Å². The number of carboxylic acid groups (broad SMARTS) is 1. The van der Waals surface area contributed by atoms with Gasteiger partial charge in [-0.1, -0.05) is 24.3 Å². The third-order valence-electron chi connectivity index (χ3n) is 4.12. The number of benzene rings is 1. The zero-order chi connectivity index (χ0) is 12.5. The molecule has 1 saturated carbocycles. The van der Waals surface area contributed by atoms with E-state index < -0.39 is 5.97 Å². The van der Waals surface area contributed by atoms with E-state index in [1.165, 1.54) is 11.1 Å². The van der Waals surface area contributed by atoms with E-state index >= 15 is 0 Å². The molecule has 3 nitrogen and oxygen atoms in total. The van der Waals surface area contributed by atoms with Crippen molar-refractivity contribution in [1.82, 2.24) is 5.32 Å². The first-order valence-corrected chi connectivity index (χ1v) is 6.79. The van der Waals surface area contributed by atoms with E-state index in [1.54, 1.807) is 0 Å². The van der Waals surface area contributed by atoms with Gasteiger partial charge in [0.15, 0.2) is 0 Å². The summed E-state index contributed by atoms with van der Waals surface area (Å²) in [4.78, 5) is 11.2. The minimum absolute atomic E-state index is 0.321. The Kier molecular flexibility index (Phi) is 3.08. The second kappa shape index (κ2) is 4.73. The Hall–Kier alpha value is -1.35. The van der Waals surface area contributed by atoms with Gasteiger partial charge in [-0.15, -0.1) is 0 Å². The van der Waals surface area contributed by atoms with Crippen molar-refractivity contribution in [1.29, 1.82) is 0 Å². The van der Waals surface area contributed by atoms with Crippen LogP contribution in [0, 0.1) is 5.92 Å². The second-order valence-corrected chi connectivity index (χ2v) is 5.53. The smallest absolute Gasteiger partial charge is 0.320 e. The normalized spacial score (nSPS) is 24.3. The number of aryl methyl sites for hydroxylation is 1. The van der Waals surface area contributed by atoms with Crippen LogP contribution in [-0.2, 0) is 17.6 Å². The van der Waals surface area contributed by atoms with Crippen LogP contribution < -0.4 is 5.32 Å². The number of hydrogen-bond donors (Lipinski definition) is 2. The molecule has 3 rings (SSSR count). The molecule has 18 heavy (non-hydrogen) atoms. The van der Waals surface area contributed by atoms with Gasteiger partial charge in [-0.2, -0.15) is 0 Å². The summed E-state index contributed by atoms with van der Waals surface area (Å²) in [5.74, 6) is -0.323. The Morgan fingerprint density at radius 1 is 1.22 bits per heavy atom. The van der Waals surface area contributed by atoms with Crippen molar-refractivity contribution in [2.24, 2.45) is 5.92 Å². The van der Waals surface area contributed by atoms with Crippen LogP contribution in [0.5, 0.6) is 0 Å². The molecular formula is C15H19NO2. The number of fused-ring (bicyclic) bond motifs is 1. The van der Waals surface area contributed by atoms with Gasteiger partial charge in [-0.05, 0) is 49.1 Å². The first-order valence-electron chi connectivity index (χ1n) is 6.79. The molecule has 2 N–H and O–H groups in total. The van der Waals surface area contributed by atoms with Crippen LogP contribution in [0.2, 0.25) is 0 Å². The minimum Gasteiger partial charge on any atom is -0.480 e. The Morgan fingerprint density at radius 3 is 2.61 bits per heavy atom. The van der Waals surface area contributed by atoms with Crippen LogP contribution in [0.4, 0.5) is 0 Å². The molecule has 1 aromatic carbocycles. The Balaban J connectivity index is 1.66.